The van der Waals surface area contributed by atoms with Crippen molar-refractivity contribution in [3.05, 3.63) is 29.3 Å². The van der Waals surface area contributed by atoms with Gasteiger partial charge in [-0.15, -0.1) is 0 Å². The molecule has 1 aromatic rings. The molecule has 0 radical (unpaired) electrons. The molecule has 0 aliphatic carbocycles. The zero-order chi connectivity index (χ0) is 15.2. The van der Waals surface area contributed by atoms with E-state index < -0.39 is 0 Å². The highest BCUT2D eigenvalue weighted by molar-refractivity contribution is 5.76. The number of aryl methyl sites for hydroxylation is 2. The SMILES string of the molecule is CN[C@@H]1CCCN(C(=O)CCOc2ccc(C)c(C)c2)C1. The minimum absolute atomic E-state index is 0.193. The molecule has 21 heavy (non-hydrogen) atoms. The average Bonchev–Trinajstić information content (AvgIpc) is 2.50. The maximum Gasteiger partial charge on any atom is 0.226 e. The van der Waals surface area contributed by atoms with E-state index in [4.69, 9.17) is 4.74 Å². The Bertz CT molecular complexity index is 488. The number of nitrogens with zero attached hydrogens (tertiary/aromatic N) is 1. The van der Waals surface area contributed by atoms with Gasteiger partial charge >= 0.3 is 0 Å². The fraction of sp³-hybridized carbons (Fsp3) is 0.588. The molecule has 4 nitrogen and oxygen atoms in total. The van der Waals surface area contributed by atoms with Crippen LogP contribution < -0.4 is 10.1 Å². The lowest BCUT2D eigenvalue weighted by Crippen LogP contribution is -2.47. The first-order valence-corrected chi connectivity index (χ1v) is 7.75. The molecule has 0 spiro atoms. The number of amides is 1. The number of benzene rings is 1. The van der Waals surface area contributed by atoms with Crippen LogP contribution in [-0.4, -0.2) is 43.6 Å². The Kier molecular flexibility index (Phi) is 5.62. The monoisotopic (exact) mass is 290 g/mol. The van der Waals surface area contributed by atoms with Crippen LogP contribution in [0.25, 0.3) is 0 Å². The molecule has 1 N–H and O–H groups in total. The van der Waals surface area contributed by atoms with E-state index in [-0.39, 0.29) is 5.91 Å². The predicted molar refractivity (Wildman–Crippen MR) is 84.7 cm³/mol. The summed E-state index contributed by atoms with van der Waals surface area (Å²) in [4.78, 5) is 14.1. The standard InChI is InChI=1S/C17H26N2O2/c1-13-6-7-16(11-14(13)2)21-10-8-17(20)19-9-4-5-15(12-19)18-3/h6-7,11,15,18H,4-5,8-10,12H2,1-3H3/t15-/m1/s1. The number of nitrogens with one attached hydrogen (secondary N) is 1. The maximum atomic E-state index is 12.2. The molecule has 0 aromatic heterocycles. The third kappa shape index (κ3) is 4.46. The van der Waals surface area contributed by atoms with Gasteiger partial charge in [0.15, 0.2) is 0 Å². The highest BCUT2D eigenvalue weighted by atomic mass is 16.5. The molecule has 0 bridgehead atoms. The summed E-state index contributed by atoms with van der Waals surface area (Å²) in [5.41, 5.74) is 2.47. The summed E-state index contributed by atoms with van der Waals surface area (Å²) in [6, 6.07) is 6.47. The van der Waals surface area contributed by atoms with Crippen LogP contribution in [0.4, 0.5) is 0 Å². The fourth-order valence-corrected chi connectivity index (χ4v) is 2.66. The summed E-state index contributed by atoms with van der Waals surface area (Å²) < 4.78 is 5.69. The van der Waals surface area contributed by atoms with Gasteiger partial charge in [0, 0.05) is 19.1 Å². The molecule has 116 valence electrons. The summed E-state index contributed by atoms with van der Waals surface area (Å²) >= 11 is 0. The van der Waals surface area contributed by atoms with Crippen LogP contribution >= 0.6 is 0 Å². The predicted octanol–water partition coefficient (Wildman–Crippen LogP) is 2.28. The van der Waals surface area contributed by atoms with Crippen molar-refractivity contribution in [2.75, 3.05) is 26.7 Å². The highest BCUT2D eigenvalue weighted by Gasteiger charge is 2.22. The van der Waals surface area contributed by atoms with Crippen molar-refractivity contribution in [1.29, 1.82) is 0 Å². The van der Waals surface area contributed by atoms with Gasteiger partial charge in [0.25, 0.3) is 0 Å². The van der Waals surface area contributed by atoms with Crippen LogP contribution in [0.15, 0.2) is 18.2 Å². The van der Waals surface area contributed by atoms with Gasteiger partial charge in [-0.1, -0.05) is 6.07 Å². The molecular formula is C17H26N2O2. The number of rotatable bonds is 5. The second kappa shape index (κ2) is 7.46. The van der Waals surface area contributed by atoms with Gasteiger partial charge < -0.3 is 15.0 Å². The van der Waals surface area contributed by atoms with Gasteiger partial charge in [0.1, 0.15) is 5.75 Å². The smallest absolute Gasteiger partial charge is 0.226 e. The van der Waals surface area contributed by atoms with Crippen molar-refractivity contribution in [2.24, 2.45) is 0 Å². The number of hydrogen-bond donors (Lipinski definition) is 1. The van der Waals surface area contributed by atoms with Crippen molar-refractivity contribution in [3.8, 4) is 5.75 Å². The Hall–Kier alpha value is -1.55. The van der Waals surface area contributed by atoms with E-state index >= 15 is 0 Å². The van der Waals surface area contributed by atoms with Crippen molar-refractivity contribution >= 4 is 5.91 Å². The number of carbonyl (C=O) groups excluding carboxylic acids is 1. The van der Waals surface area contributed by atoms with E-state index in [1.54, 1.807) is 0 Å². The topological polar surface area (TPSA) is 41.6 Å². The molecule has 1 amide bonds. The number of ether oxygens (including phenoxy) is 1. The lowest BCUT2D eigenvalue weighted by atomic mass is 10.1. The Labute approximate surface area is 127 Å². The van der Waals surface area contributed by atoms with E-state index in [1.165, 1.54) is 11.1 Å². The van der Waals surface area contributed by atoms with E-state index in [0.717, 1.165) is 31.7 Å². The molecule has 0 unspecified atom stereocenters. The van der Waals surface area contributed by atoms with E-state index in [0.29, 0.717) is 19.1 Å². The molecule has 1 aliphatic rings. The summed E-state index contributed by atoms with van der Waals surface area (Å²) in [5.74, 6) is 1.04. The van der Waals surface area contributed by atoms with Crippen molar-refractivity contribution in [2.45, 2.75) is 39.2 Å². The third-order valence-corrected chi connectivity index (χ3v) is 4.25. The largest absolute Gasteiger partial charge is 0.493 e. The second-order valence-corrected chi connectivity index (χ2v) is 5.81. The van der Waals surface area contributed by atoms with Crippen molar-refractivity contribution in [3.63, 3.8) is 0 Å². The Morgan fingerprint density at radius 1 is 1.38 bits per heavy atom. The minimum atomic E-state index is 0.193. The van der Waals surface area contributed by atoms with Crippen LogP contribution in [0.1, 0.15) is 30.4 Å². The summed E-state index contributed by atoms with van der Waals surface area (Å²) in [7, 11) is 1.96. The van der Waals surface area contributed by atoms with Crippen LogP contribution in [0, 0.1) is 13.8 Å². The molecular weight excluding hydrogens is 264 g/mol. The van der Waals surface area contributed by atoms with Crippen LogP contribution in [-0.2, 0) is 4.79 Å². The van der Waals surface area contributed by atoms with Crippen molar-refractivity contribution in [1.82, 2.24) is 10.2 Å². The summed E-state index contributed by atoms with van der Waals surface area (Å²) in [6.45, 7) is 6.29. The van der Waals surface area contributed by atoms with E-state index in [1.807, 2.05) is 24.1 Å². The molecule has 1 aromatic carbocycles. The number of hydrogen-bond acceptors (Lipinski definition) is 3. The van der Waals surface area contributed by atoms with Crippen LogP contribution in [0.2, 0.25) is 0 Å². The highest BCUT2D eigenvalue weighted by Crippen LogP contribution is 2.17. The third-order valence-electron chi connectivity index (χ3n) is 4.25. The van der Waals surface area contributed by atoms with Crippen LogP contribution in [0.3, 0.4) is 0 Å². The Morgan fingerprint density at radius 3 is 2.90 bits per heavy atom. The van der Waals surface area contributed by atoms with E-state index in [9.17, 15) is 4.79 Å². The molecule has 1 heterocycles. The van der Waals surface area contributed by atoms with Gasteiger partial charge in [-0.2, -0.15) is 0 Å². The molecule has 1 saturated heterocycles. The zero-order valence-electron chi connectivity index (χ0n) is 13.3. The average molecular weight is 290 g/mol. The van der Waals surface area contributed by atoms with Crippen LogP contribution in [0.5, 0.6) is 5.75 Å². The molecule has 1 aliphatic heterocycles. The van der Waals surface area contributed by atoms with E-state index in [2.05, 4.69) is 25.2 Å². The minimum Gasteiger partial charge on any atom is -0.493 e. The van der Waals surface area contributed by atoms with Gasteiger partial charge in [0.05, 0.1) is 13.0 Å². The molecule has 4 heteroatoms. The fourth-order valence-electron chi connectivity index (χ4n) is 2.66. The summed E-state index contributed by atoms with van der Waals surface area (Å²) in [5, 5.41) is 3.26. The molecule has 1 fully saturated rings. The molecule has 0 saturated carbocycles. The number of carbonyl (C=O) groups is 1. The summed E-state index contributed by atoms with van der Waals surface area (Å²) in [6.07, 6.45) is 2.68. The molecule has 2 rings (SSSR count). The number of likely N-dealkylation sites (N-methyl/N-ethyl adjacent to an activating group) is 1. The first kappa shape index (κ1) is 15.8. The maximum absolute atomic E-state index is 12.2. The van der Waals surface area contributed by atoms with Crippen molar-refractivity contribution < 1.29 is 9.53 Å². The normalized spacial score (nSPS) is 18.6. The Balaban J connectivity index is 1.77. The second-order valence-electron chi connectivity index (χ2n) is 5.81. The van der Waals surface area contributed by atoms with Gasteiger partial charge in [-0.05, 0) is 57.0 Å². The number of piperidine rings is 1. The lowest BCUT2D eigenvalue weighted by Gasteiger charge is -2.32. The first-order chi connectivity index (χ1) is 10.1. The quantitative estimate of drug-likeness (QED) is 0.904. The Morgan fingerprint density at radius 2 is 2.19 bits per heavy atom. The number of likely N-dealkylation sites (tertiary alicyclic amines) is 1. The van der Waals surface area contributed by atoms with Gasteiger partial charge in [0.2, 0.25) is 5.91 Å². The molecule has 1 atom stereocenters. The lowest BCUT2D eigenvalue weighted by molar-refractivity contribution is -0.133. The van der Waals surface area contributed by atoms with Gasteiger partial charge in [-0.25, -0.2) is 0 Å². The zero-order valence-corrected chi connectivity index (χ0v) is 13.3. The van der Waals surface area contributed by atoms with Gasteiger partial charge in [-0.3, -0.25) is 4.79 Å². The first-order valence-electron chi connectivity index (χ1n) is 7.75.